The maximum absolute atomic E-state index is 14.0. The molecule has 0 saturated heterocycles. The zero-order valence-electron chi connectivity index (χ0n) is 23.0. The van der Waals surface area contributed by atoms with Crippen molar-refractivity contribution >= 4 is 35.2 Å². The molecule has 0 radical (unpaired) electrons. The van der Waals surface area contributed by atoms with E-state index in [2.05, 4.69) is 126 Å². The second-order valence-corrected chi connectivity index (χ2v) is 21.8. The summed E-state index contributed by atoms with van der Waals surface area (Å²) in [5.74, 6) is 0. The van der Waals surface area contributed by atoms with Gasteiger partial charge in [0, 0.05) is 0 Å². The summed E-state index contributed by atoms with van der Waals surface area (Å²) < 4.78 is 10.6. The summed E-state index contributed by atoms with van der Waals surface area (Å²) >= 11 is -4.01. The summed E-state index contributed by atoms with van der Waals surface area (Å²) in [6.45, 7) is 10.6. The average Bonchev–Trinajstić information content (AvgIpc) is 2.90. The first-order valence-corrected chi connectivity index (χ1v) is 19.6. The number of carbonyl (C=O) groups is 1. The molecule has 0 aromatic heterocycles. The molecule has 3 aromatic rings. The normalized spacial score (nSPS) is 15.1. The van der Waals surface area contributed by atoms with Crippen LogP contribution in [0.2, 0.25) is 0 Å². The fraction of sp³-hybridized carbons (Fsp3) is 0.364. The van der Waals surface area contributed by atoms with Crippen LogP contribution in [0.4, 0.5) is 4.79 Å². The van der Waals surface area contributed by atoms with E-state index >= 15 is 0 Å². The van der Waals surface area contributed by atoms with Gasteiger partial charge in [0.15, 0.2) is 0 Å². The number of hydrogen-bond donors (Lipinski definition) is 0. The predicted octanol–water partition coefficient (Wildman–Crippen LogP) is 6.21. The molecule has 3 aromatic carbocycles. The molecular formula is C33H41NO2Sn. The molecule has 0 heterocycles. The topological polar surface area (TPSA) is 29.5 Å². The van der Waals surface area contributed by atoms with E-state index in [1.165, 1.54) is 28.3 Å². The number of benzene rings is 3. The van der Waals surface area contributed by atoms with E-state index < -0.39 is 18.4 Å². The van der Waals surface area contributed by atoms with Crippen molar-refractivity contribution in [2.45, 2.75) is 76.5 Å². The SMILES string of the molecule is CC1=C([CH](OC(=O)N(C(C)C)C(C)C)[Sn]([c]2ccccc2)([c]2ccccc2)[c]2ccccc2)CCCC1. The number of carbonyl (C=O) groups excluding carboxylic acids is 1. The summed E-state index contributed by atoms with van der Waals surface area (Å²) in [7, 11) is 0. The molecule has 4 rings (SSSR count). The summed E-state index contributed by atoms with van der Waals surface area (Å²) in [5.41, 5.74) is 2.74. The van der Waals surface area contributed by atoms with E-state index in [0.29, 0.717) is 0 Å². The molecule has 0 spiro atoms. The Hall–Kier alpha value is -2.53. The second-order valence-electron chi connectivity index (χ2n) is 10.8. The van der Waals surface area contributed by atoms with Gasteiger partial charge in [0.05, 0.1) is 0 Å². The van der Waals surface area contributed by atoms with Gasteiger partial charge in [-0.2, -0.15) is 0 Å². The zero-order valence-corrected chi connectivity index (χ0v) is 25.8. The standard InChI is InChI=1S/C15H26NO2.3C6H5.Sn/c1-11(2)16(12(3)4)15(17)18-10-14-9-7-6-8-13(14)5;3*1-2-4-6-5-3-1;/h10-12H,6-9H2,1-5H3;3*1-5H;. The molecule has 1 atom stereocenters. The van der Waals surface area contributed by atoms with E-state index in [4.69, 9.17) is 4.74 Å². The number of hydrogen-bond acceptors (Lipinski definition) is 2. The molecule has 4 heteroatoms. The Bertz CT molecular complexity index is 1080. The van der Waals surface area contributed by atoms with E-state index in [-0.39, 0.29) is 22.3 Å². The van der Waals surface area contributed by atoms with Gasteiger partial charge in [-0.3, -0.25) is 0 Å². The van der Waals surface area contributed by atoms with Gasteiger partial charge < -0.3 is 0 Å². The Balaban J connectivity index is 2.05. The van der Waals surface area contributed by atoms with Crippen LogP contribution in [0.3, 0.4) is 0 Å². The second kappa shape index (κ2) is 12.3. The quantitative estimate of drug-likeness (QED) is 0.227. The Labute approximate surface area is 227 Å². The van der Waals surface area contributed by atoms with Crippen molar-refractivity contribution < 1.29 is 9.53 Å². The number of allylic oxidation sites excluding steroid dienone is 1. The molecule has 0 aliphatic heterocycles. The Morgan fingerprint density at radius 2 is 1.11 bits per heavy atom. The van der Waals surface area contributed by atoms with Crippen molar-refractivity contribution in [2.75, 3.05) is 0 Å². The van der Waals surface area contributed by atoms with E-state index in [1.54, 1.807) is 0 Å². The van der Waals surface area contributed by atoms with Gasteiger partial charge >= 0.3 is 228 Å². The third-order valence-corrected chi connectivity index (χ3v) is 22.0. The molecule has 3 nitrogen and oxygen atoms in total. The molecule has 0 N–H and O–H groups in total. The van der Waals surface area contributed by atoms with Gasteiger partial charge in [0.1, 0.15) is 0 Å². The van der Waals surface area contributed by atoms with Crippen molar-refractivity contribution in [1.82, 2.24) is 4.90 Å². The van der Waals surface area contributed by atoms with Crippen LogP contribution in [0.5, 0.6) is 0 Å². The minimum atomic E-state index is -4.01. The van der Waals surface area contributed by atoms with Crippen LogP contribution in [0.15, 0.2) is 102 Å². The first-order chi connectivity index (χ1) is 17.9. The first-order valence-electron chi connectivity index (χ1n) is 13.7. The molecular weight excluding hydrogens is 561 g/mol. The number of amides is 1. The van der Waals surface area contributed by atoms with Crippen molar-refractivity contribution in [2.24, 2.45) is 0 Å². The predicted molar refractivity (Wildman–Crippen MR) is 158 cm³/mol. The van der Waals surface area contributed by atoms with Crippen LogP contribution >= 0.6 is 0 Å². The van der Waals surface area contributed by atoms with Crippen LogP contribution in [0.1, 0.15) is 60.3 Å². The minimum absolute atomic E-state index is 0.0596. The van der Waals surface area contributed by atoms with Crippen molar-refractivity contribution in [3.63, 3.8) is 0 Å². The molecule has 1 aliphatic carbocycles. The number of nitrogens with zero attached hydrogens (tertiary/aromatic N) is 1. The molecule has 194 valence electrons. The summed E-state index contributed by atoms with van der Waals surface area (Å²) in [6.07, 6.45) is 4.19. The average molecular weight is 602 g/mol. The molecule has 0 saturated carbocycles. The van der Waals surface area contributed by atoms with Gasteiger partial charge in [0.25, 0.3) is 0 Å². The number of rotatable bonds is 8. The summed E-state index contributed by atoms with van der Waals surface area (Å²) in [4.78, 5) is 15.9. The van der Waals surface area contributed by atoms with Crippen molar-refractivity contribution in [3.8, 4) is 0 Å². The molecule has 0 bridgehead atoms. The van der Waals surface area contributed by atoms with Crippen LogP contribution in [0, 0.1) is 0 Å². The van der Waals surface area contributed by atoms with Crippen molar-refractivity contribution in [3.05, 3.63) is 102 Å². The monoisotopic (exact) mass is 603 g/mol. The van der Waals surface area contributed by atoms with Crippen LogP contribution in [0.25, 0.3) is 0 Å². The molecule has 37 heavy (non-hydrogen) atoms. The van der Waals surface area contributed by atoms with Crippen LogP contribution < -0.4 is 10.7 Å². The van der Waals surface area contributed by atoms with Gasteiger partial charge in [-0.1, -0.05) is 0 Å². The third kappa shape index (κ3) is 5.67. The third-order valence-electron chi connectivity index (χ3n) is 7.74. The molecule has 1 aliphatic rings. The van der Waals surface area contributed by atoms with E-state index in [0.717, 1.165) is 19.3 Å². The molecule has 1 unspecified atom stereocenters. The first kappa shape index (κ1) is 27.5. The van der Waals surface area contributed by atoms with Gasteiger partial charge in [-0.15, -0.1) is 0 Å². The van der Waals surface area contributed by atoms with Gasteiger partial charge in [0.2, 0.25) is 0 Å². The summed E-state index contributed by atoms with van der Waals surface area (Å²) in [5, 5.41) is 0. The van der Waals surface area contributed by atoms with E-state index in [1.807, 2.05) is 4.90 Å². The Morgan fingerprint density at radius 1 is 0.703 bits per heavy atom. The fourth-order valence-corrected chi connectivity index (χ4v) is 21.1. The fourth-order valence-electron chi connectivity index (χ4n) is 6.09. The molecule has 1 amide bonds. The van der Waals surface area contributed by atoms with E-state index in [9.17, 15) is 4.79 Å². The van der Waals surface area contributed by atoms with Gasteiger partial charge in [-0.05, 0) is 0 Å². The van der Waals surface area contributed by atoms with Crippen LogP contribution in [-0.2, 0) is 4.74 Å². The Morgan fingerprint density at radius 3 is 1.49 bits per heavy atom. The van der Waals surface area contributed by atoms with Crippen molar-refractivity contribution in [1.29, 1.82) is 0 Å². The zero-order chi connectivity index (χ0) is 26.4. The maximum atomic E-state index is 14.0. The van der Waals surface area contributed by atoms with Crippen LogP contribution in [-0.4, -0.2) is 45.6 Å². The Kier molecular flexibility index (Phi) is 9.17. The van der Waals surface area contributed by atoms with Gasteiger partial charge in [-0.25, -0.2) is 0 Å². The number of ether oxygens (including phenoxy) is 1. The molecule has 0 fully saturated rings. The summed E-state index contributed by atoms with van der Waals surface area (Å²) in [6, 6.07) is 32.9.